The van der Waals surface area contributed by atoms with Crippen molar-refractivity contribution in [2.75, 3.05) is 17.5 Å². The molecule has 0 heterocycles. The van der Waals surface area contributed by atoms with Gasteiger partial charge in [0.15, 0.2) is 0 Å². The quantitative estimate of drug-likeness (QED) is 0.881. The Hall–Kier alpha value is -1.37. The highest BCUT2D eigenvalue weighted by atomic mass is 79.9. The second-order valence-corrected chi connectivity index (χ2v) is 7.26. The highest BCUT2D eigenvalue weighted by molar-refractivity contribution is 9.10. The first-order valence-corrected chi connectivity index (χ1v) is 8.65. The predicted octanol–water partition coefficient (Wildman–Crippen LogP) is 2.95. The second kappa shape index (κ2) is 6.60. The van der Waals surface area contributed by atoms with E-state index in [4.69, 9.17) is 0 Å². The van der Waals surface area contributed by atoms with Crippen LogP contribution in [0, 0.1) is 6.92 Å². The molecule has 0 radical (unpaired) electrons. The van der Waals surface area contributed by atoms with E-state index in [0.717, 1.165) is 5.56 Å². The number of nitrogens with zero attached hydrogens (tertiary/aromatic N) is 1. The Morgan fingerprint density at radius 1 is 1.14 bits per heavy atom. The molecule has 0 bridgehead atoms. The van der Waals surface area contributed by atoms with Crippen molar-refractivity contribution in [3.63, 3.8) is 0 Å². The third kappa shape index (κ3) is 3.45. The Morgan fingerprint density at radius 3 is 2.38 bits per heavy atom. The molecule has 0 saturated carbocycles. The van der Waals surface area contributed by atoms with Crippen molar-refractivity contribution < 1.29 is 13.5 Å². The molecule has 0 fully saturated rings. The van der Waals surface area contributed by atoms with Crippen LogP contribution < -0.4 is 4.31 Å². The van der Waals surface area contributed by atoms with E-state index in [-0.39, 0.29) is 18.0 Å². The largest absolute Gasteiger partial charge is 0.394 e. The molecule has 0 amide bonds. The molecule has 2 rings (SSSR count). The zero-order chi connectivity index (χ0) is 15.5. The zero-order valence-corrected chi connectivity index (χ0v) is 13.9. The van der Waals surface area contributed by atoms with Crippen LogP contribution in [0.4, 0.5) is 5.69 Å². The summed E-state index contributed by atoms with van der Waals surface area (Å²) in [5.74, 6) is 0. The van der Waals surface area contributed by atoms with E-state index in [2.05, 4.69) is 15.9 Å². The van der Waals surface area contributed by atoms with Gasteiger partial charge in [0.25, 0.3) is 10.0 Å². The van der Waals surface area contributed by atoms with Gasteiger partial charge in [-0.05, 0) is 52.7 Å². The monoisotopic (exact) mass is 369 g/mol. The average Bonchev–Trinajstić information content (AvgIpc) is 2.45. The summed E-state index contributed by atoms with van der Waals surface area (Å²) in [6.45, 7) is 1.65. The molecule has 0 aromatic heterocycles. The number of hydrogen-bond acceptors (Lipinski definition) is 3. The van der Waals surface area contributed by atoms with Crippen molar-refractivity contribution in [2.24, 2.45) is 0 Å². The predicted molar refractivity (Wildman–Crippen MR) is 86.9 cm³/mol. The summed E-state index contributed by atoms with van der Waals surface area (Å²) in [7, 11) is -3.74. The molecule has 2 aromatic rings. The van der Waals surface area contributed by atoms with Gasteiger partial charge in [-0.3, -0.25) is 4.31 Å². The van der Waals surface area contributed by atoms with Crippen LogP contribution in [0.15, 0.2) is 57.9 Å². The molecular formula is C15H16BrNO3S. The summed E-state index contributed by atoms with van der Waals surface area (Å²) in [6.07, 6.45) is 0. The fraction of sp³-hybridized carbons (Fsp3) is 0.200. The van der Waals surface area contributed by atoms with E-state index in [0.29, 0.717) is 10.2 Å². The maximum Gasteiger partial charge on any atom is 0.265 e. The van der Waals surface area contributed by atoms with E-state index < -0.39 is 10.0 Å². The molecule has 4 nitrogen and oxygen atoms in total. The molecule has 0 unspecified atom stereocenters. The van der Waals surface area contributed by atoms with Crippen LogP contribution in [0.1, 0.15) is 5.56 Å². The number of aliphatic hydroxyl groups excluding tert-OH is 1. The first-order valence-electron chi connectivity index (χ1n) is 6.41. The van der Waals surface area contributed by atoms with Crippen LogP contribution in [0.2, 0.25) is 0 Å². The topological polar surface area (TPSA) is 57.6 Å². The van der Waals surface area contributed by atoms with Gasteiger partial charge >= 0.3 is 0 Å². The minimum Gasteiger partial charge on any atom is -0.394 e. The van der Waals surface area contributed by atoms with Gasteiger partial charge < -0.3 is 5.11 Å². The molecule has 6 heteroatoms. The molecule has 2 aromatic carbocycles. The van der Waals surface area contributed by atoms with E-state index >= 15 is 0 Å². The van der Waals surface area contributed by atoms with Crippen molar-refractivity contribution in [3.05, 3.63) is 58.6 Å². The van der Waals surface area contributed by atoms with Gasteiger partial charge in [0.2, 0.25) is 0 Å². The maximum atomic E-state index is 12.8. The van der Waals surface area contributed by atoms with Crippen LogP contribution in [0.5, 0.6) is 0 Å². The lowest BCUT2D eigenvalue weighted by Gasteiger charge is -2.24. The van der Waals surface area contributed by atoms with Crippen LogP contribution in [0.3, 0.4) is 0 Å². The maximum absolute atomic E-state index is 12.8. The summed E-state index contributed by atoms with van der Waals surface area (Å²) in [4.78, 5) is 0.186. The summed E-state index contributed by atoms with van der Waals surface area (Å²) in [5.41, 5.74) is 1.49. The normalized spacial score (nSPS) is 11.4. The minimum absolute atomic E-state index is 0.00661. The standard InChI is InChI=1S/C15H16BrNO3S/c1-12-7-8-15(14(16)11-12)21(19,20)17(9-10-18)13-5-3-2-4-6-13/h2-8,11,18H,9-10H2,1H3. The van der Waals surface area contributed by atoms with Crippen molar-refractivity contribution in [3.8, 4) is 0 Å². The fourth-order valence-electron chi connectivity index (χ4n) is 2.01. The number of sulfonamides is 1. The number of aliphatic hydroxyl groups is 1. The van der Waals surface area contributed by atoms with E-state index in [1.54, 1.807) is 42.5 Å². The van der Waals surface area contributed by atoms with Crippen molar-refractivity contribution in [2.45, 2.75) is 11.8 Å². The fourth-order valence-corrected chi connectivity index (χ4v) is 4.62. The van der Waals surface area contributed by atoms with Crippen molar-refractivity contribution in [1.82, 2.24) is 0 Å². The molecule has 0 aliphatic heterocycles. The van der Waals surface area contributed by atoms with Gasteiger partial charge in [-0.15, -0.1) is 0 Å². The Kier molecular flexibility index (Phi) is 5.03. The third-order valence-electron chi connectivity index (χ3n) is 3.00. The number of anilines is 1. The molecule has 0 spiro atoms. The third-order valence-corrected chi connectivity index (χ3v) is 5.81. The molecule has 0 aliphatic carbocycles. The lowest BCUT2D eigenvalue weighted by atomic mass is 10.2. The Bertz CT molecular complexity index is 717. The minimum atomic E-state index is -3.74. The summed E-state index contributed by atoms with van der Waals surface area (Å²) >= 11 is 3.31. The molecule has 112 valence electrons. The van der Waals surface area contributed by atoms with E-state index in [1.165, 1.54) is 4.31 Å². The Balaban J connectivity index is 2.53. The summed E-state index contributed by atoms with van der Waals surface area (Å²) < 4.78 is 27.4. The Labute approximate surface area is 133 Å². The first-order chi connectivity index (χ1) is 9.96. The zero-order valence-electron chi connectivity index (χ0n) is 11.5. The van der Waals surface area contributed by atoms with Crippen molar-refractivity contribution >= 4 is 31.6 Å². The van der Waals surface area contributed by atoms with Crippen molar-refractivity contribution in [1.29, 1.82) is 0 Å². The second-order valence-electron chi connectivity index (χ2n) is 4.57. The van der Waals surface area contributed by atoms with Gasteiger partial charge in [-0.25, -0.2) is 8.42 Å². The molecular weight excluding hydrogens is 354 g/mol. The highest BCUT2D eigenvalue weighted by Gasteiger charge is 2.26. The first kappa shape index (κ1) is 16.0. The highest BCUT2D eigenvalue weighted by Crippen LogP contribution is 2.29. The smallest absolute Gasteiger partial charge is 0.265 e. The van der Waals surface area contributed by atoms with Crippen LogP contribution in [-0.2, 0) is 10.0 Å². The molecule has 21 heavy (non-hydrogen) atoms. The van der Waals surface area contributed by atoms with Gasteiger partial charge in [0.05, 0.1) is 18.8 Å². The number of para-hydroxylation sites is 1. The number of rotatable bonds is 5. The molecule has 0 aliphatic rings. The number of halogens is 1. The van der Waals surface area contributed by atoms with Gasteiger partial charge in [0.1, 0.15) is 4.90 Å². The SMILES string of the molecule is Cc1ccc(S(=O)(=O)N(CCO)c2ccccc2)c(Br)c1. The Morgan fingerprint density at radius 2 is 1.81 bits per heavy atom. The van der Waals surface area contributed by atoms with Gasteiger partial charge in [-0.1, -0.05) is 24.3 Å². The lowest BCUT2D eigenvalue weighted by molar-refractivity contribution is 0.306. The summed E-state index contributed by atoms with van der Waals surface area (Å²) in [6, 6.07) is 13.8. The van der Waals surface area contributed by atoms with Crippen LogP contribution in [0.25, 0.3) is 0 Å². The van der Waals surface area contributed by atoms with Gasteiger partial charge in [-0.2, -0.15) is 0 Å². The van der Waals surface area contributed by atoms with E-state index in [9.17, 15) is 13.5 Å². The molecule has 1 N–H and O–H groups in total. The van der Waals surface area contributed by atoms with Crippen LogP contribution >= 0.6 is 15.9 Å². The number of aryl methyl sites for hydroxylation is 1. The van der Waals surface area contributed by atoms with Crippen LogP contribution in [-0.4, -0.2) is 26.7 Å². The number of benzene rings is 2. The lowest BCUT2D eigenvalue weighted by Crippen LogP contribution is -2.33. The van der Waals surface area contributed by atoms with Gasteiger partial charge in [0, 0.05) is 4.47 Å². The van der Waals surface area contributed by atoms with E-state index in [1.807, 2.05) is 13.0 Å². The molecule has 0 atom stereocenters. The molecule has 0 saturated heterocycles. The average molecular weight is 370 g/mol. The summed E-state index contributed by atoms with van der Waals surface area (Å²) in [5, 5.41) is 9.20. The number of hydrogen-bond donors (Lipinski definition) is 1.